The number of nitrogens with two attached hydrogens (primary N) is 1. The van der Waals surface area contributed by atoms with E-state index in [1.54, 1.807) is 0 Å². The molecular weight excluding hydrogens is 192 g/mol. The average Bonchev–Trinajstić information content (AvgIpc) is 2.15. The van der Waals surface area contributed by atoms with Crippen LogP contribution in [0.3, 0.4) is 0 Å². The van der Waals surface area contributed by atoms with E-state index in [4.69, 9.17) is 5.73 Å². The predicted octanol–water partition coefficient (Wildman–Crippen LogP) is 2.27. The normalized spacial score (nSPS) is 9.86. The second kappa shape index (κ2) is 4.96. The van der Waals surface area contributed by atoms with E-state index in [1.165, 1.54) is 5.69 Å². The van der Waals surface area contributed by atoms with Gasteiger partial charge >= 0.3 is 0 Å². The third-order valence-electron chi connectivity index (χ3n) is 2.06. The Kier molecular flexibility index (Phi) is 3.89. The number of hydrogen-bond donors (Lipinski definition) is 2. The molecule has 76 valence electrons. The Bertz CT molecular complexity index is 306. The Labute approximate surface area is 90.8 Å². The molecule has 2 N–H and O–H groups in total. The van der Waals surface area contributed by atoms with E-state index in [2.05, 4.69) is 24.1 Å². The fourth-order valence-electron chi connectivity index (χ4n) is 1.15. The van der Waals surface area contributed by atoms with E-state index in [0.717, 1.165) is 23.6 Å². The van der Waals surface area contributed by atoms with Crippen molar-refractivity contribution in [1.82, 2.24) is 0 Å². The van der Waals surface area contributed by atoms with Gasteiger partial charge in [-0.25, -0.2) is 0 Å². The summed E-state index contributed by atoms with van der Waals surface area (Å²) in [5, 5.41) is 0. The summed E-state index contributed by atoms with van der Waals surface area (Å²) < 4.78 is 0. The summed E-state index contributed by atoms with van der Waals surface area (Å²) in [6, 6.07) is 8.04. The molecule has 0 saturated heterocycles. The van der Waals surface area contributed by atoms with E-state index in [1.807, 2.05) is 31.3 Å². The molecule has 1 aromatic rings. The van der Waals surface area contributed by atoms with Crippen LogP contribution in [-0.4, -0.2) is 13.6 Å². The molecule has 0 aliphatic rings. The van der Waals surface area contributed by atoms with Gasteiger partial charge in [0.1, 0.15) is 0 Å². The molecular formula is C11H16N2S. The van der Waals surface area contributed by atoms with Gasteiger partial charge in [-0.15, -0.1) is 12.6 Å². The van der Waals surface area contributed by atoms with E-state index in [-0.39, 0.29) is 0 Å². The zero-order valence-corrected chi connectivity index (χ0v) is 9.30. The topological polar surface area (TPSA) is 29.3 Å². The zero-order valence-electron chi connectivity index (χ0n) is 8.40. The van der Waals surface area contributed by atoms with Gasteiger partial charge in [0.15, 0.2) is 0 Å². The second-order valence-corrected chi connectivity index (χ2v) is 3.86. The highest BCUT2D eigenvalue weighted by Gasteiger charge is 1.99. The number of thiol groups is 1. The molecule has 0 radical (unpaired) electrons. The molecule has 0 saturated carbocycles. The van der Waals surface area contributed by atoms with Crippen molar-refractivity contribution in [1.29, 1.82) is 0 Å². The van der Waals surface area contributed by atoms with Crippen molar-refractivity contribution in [3.8, 4) is 0 Å². The lowest BCUT2D eigenvalue weighted by molar-refractivity contribution is 0.861. The van der Waals surface area contributed by atoms with Crippen molar-refractivity contribution >= 4 is 18.3 Å². The summed E-state index contributed by atoms with van der Waals surface area (Å²) in [4.78, 5) is 3.12. The lowest BCUT2D eigenvalue weighted by Gasteiger charge is -2.19. The molecule has 0 aromatic heterocycles. The molecule has 2 nitrogen and oxygen atoms in total. The largest absolute Gasteiger partial charge is 0.402 e. The molecule has 3 heteroatoms. The zero-order chi connectivity index (χ0) is 10.6. The molecule has 1 rings (SSSR count). The van der Waals surface area contributed by atoms with Crippen LogP contribution in [0, 0.1) is 0 Å². The molecule has 0 heterocycles. The van der Waals surface area contributed by atoms with Crippen molar-refractivity contribution in [3.63, 3.8) is 0 Å². The van der Waals surface area contributed by atoms with Crippen molar-refractivity contribution in [3.05, 3.63) is 36.5 Å². The standard InChI is InChI=1S/C11H16N2S/c1-9(12)7-8-13(2)10-3-5-11(14)6-4-10/h3-6,14H,1,7-8,12H2,2H3. The van der Waals surface area contributed by atoms with Crippen LogP contribution < -0.4 is 10.6 Å². The first-order chi connectivity index (χ1) is 6.59. The molecule has 14 heavy (non-hydrogen) atoms. The van der Waals surface area contributed by atoms with Crippen LogP contribution in [-0.2, 0) is 0 Å². The molecule has 0 amide bonds. The van der Waals surface area contributed by atoms with Crippen molar-refractivity contribution < 1.29 is 0 Å². The van der Waals surface area contributed by atoms with Crippen LogP contribution in [0.1, 0.15) is 6.42 Å². The quantitative estimate of drug-likeness (QED) is 0.743. The van der Waals surface area contributed by atoms with Crippen LogP contribution in [0.15, 0.2) is 41.4 Å². The molecule has 0 bridgehead atoms. The van der Waals surface area contributed by atoms with Gasteiger partial charge in [-0.1, -0.05) is 6.58 Å². The smallest absolute Gasteiger partial charge is 0.0364 e. The van der Waals surface area contributed by atoms with Gasteiger partial charge < -0.3 is 10.6 Å². The van der Waals surface area contributed by atoms with Gasteiger partial charge in [0.05, 0.1) is 0 Å². The first-order valence-electron chi connectivity index (χ1n) is 4.53. The maximum Gasteiger partial charge on any atom is 0.0364 e. The Balaban J connectivity index is 2.56. The van der Waals surface area contributed by atoms with Gasteiger partial charge in [0.25, 0.3) is 0 Å². The molecule has 0 unspecified atom stereocenters. The molecule has 0 atom stereocenters. The fraction of sp³-hybridized carbons (Fsp3) is 0.273. The minimum atomic E-state index is 0.725. The lowest BCUT2D eigenvalue weighted by Crippen LogP contribution is -2.19. The van der Waals surface area contributed by atoms with Gasteiger partial charge in [-0.2, -0.15) is 0 Å². The van der Waals surface area contributed by atoms with Gasteiger partial charge in [-0.05, 0) is 24.3 Å². The summed E-state index contributed by atoms with van der Waals surface area (Å²) in [5.41, 5.74) is 7.40. The van der Waals surface area contributed by atoms with Crippen LogP contribution >= 0.6 is 12.6 Å². The number of rotatable bonds is 4. The maximum atomic E-state index is 5.51. The summed E-state index contributed by atoms with van der Waals surface area (Å²) in [7, 11) is 2.04. The lowest BCUT2D eigenvalue weighted by atomic mass is 10.2. The highest BCUT2D eigenvalue weighted by molar-refractivity contribution is 7.80. The van der Waals surface area contributed by atoms with Crippen molar-refractivity contribution in [2.24, 2.45) is 5.73 Å². The fourth-order valence-corrected chi connectivity index (χ4v) is 1.30. The first-order valence-corrected chi connectivity index (χ1v) is 4.98. The van der Waals surface area contributed by atoms with Crippen LogP contribution in [0.4, 0.5) is 5.69 Å². The number of hydrogen-bond acceptors (Lipinski definition) is 3. The highest BCUT2D eigenvalue weighted by atomic mass is 32.1. The summed E-state index contributed by atoms with van der Waals surface area (Å²) in [6.07, 6.45) is 0.819. The van der Waals surface area contributed by atoms with Crippen LogP contribution in [0.2, 0.25) is 0 Å². The van der Waals surface area contributed by atoms with Crippen molar-refractivity contribution in [2.45, 2.75) is 11.3 Å². The minimum absolute atomic E-state index is 0.725. The Morgan fingerprint density at radius 2 is 2.00 bits per heavy atom. The predicted molar refractivity (Wildman–Crippen MR) is 64.9 cm³/mol. The van der Waals surface area contributed by atoms with Crippen LogP contribution in [0.25, 0.3) is 0 Å². The van der Waals surface area contributed by atoms with E-state index >= 15 is 0 Å². The average molecular weight is 208 g/mol. The van der Waals surface area contributed by atoms with E-state index in [9.17, 15) is 0 Å². The molecule has 0 fully saturated rings. The number of anilines is 1. The summed E-state index contributed by atoms with van der Waals surface area (Å²) in [6.45, 7) is 4.56. The molecule has 0 spiro atoms. The molecule has 1 aromatic carbocycles. The highest BCUT2D eigenvalue weighted by Crippen LogP contribution is 2.15. The Morgan fingerprint density at radius 1 is 1.43 bits per heavy atom. The van der Waals surface area contributed by atoms with Gasteiger partial charge in [0, 0.05) is 36.3 Å². The number of benzene rings is 1. The molecule has 0 aliphatic heterocycles. The minimum Gasteiger partial charge on any atom is -0.402 e. The summed E-state index contributed by atoms with van der Waals surface area (Å²) in [5.74, 6) is 0. The first kappa shape index (κ1) is 11.0. The Hall–Kier alpha value is -1.09. The Morgan fingerprint density at radius 3 is 2.50 bits per heavy atom. The van der Waals surface area contributed by atoms with Crippen LogP contribution in [0.5, 0.6) is 0 Å². The van der Waals surface area contributed by atoms with Gasteiger partial charge in [-0.3, -0.25) is 0 Å². The number of nitrogens with zero attached hydrogens (tertiary/aromatic N) is 1. The SMILES string of the molecule is C=C(N)CCN(C)c1ccc(S)cc1. The maximum absolute atomic E-state index is 5.51. The van der Waals surface area contributed by atoms with E-state index < -0.39 is 0 Å². The third kappa shape index (κ3) is 3.34. The third-order valence-corrected chi connectivity index (χ3v) is 2.36. The monoisotopic (exact) mass is 208 g/mol. The van der Waals surface area contributed by atoms with Gasteiger partial charge in [0.2, 0.25) is 0 Å². The summed E-state index contributed by atoms with van der Waals surface area (Å²) >= 11 is 4.23. The van der Waals surface area contributed by atoms with Crippen molar-refractivity contribution in [2.75, 3.05) is 18.5 Å². The second-order valence-electron chi connectivity index (χ2n) is 3.35. The van der Waals surface area contributed by atoms with E-state index in [0.29, 0.717) is 0 Å². The molecule has 0 aliphatic carbocycles.